The van der Waals surface area contributed by atoms with E-state index in [4.69, 9.17) is 4.74 Å². The highest BCUT2D eigenvalue weighted by Gasteiger charge is 2.13. The average Bonchev–Trinajstić information content (AvgIpc) is 2.59. The Bertz CT molecular complexity index is 498. The molecule has 0 aliphatic carbocycles. The minimum absolute atomic E-state index is 0.241. The van der Waals surface area contributed by atoms with Gasteiger partial charge in [-0.1, -0.05) is 0 Å². The summed E-state index contributed by atoms with van der Waals surface area (Å²) in [5, 5.41) is 0. The standard InChI is InChI=1S/C9H7BrF2N2O/c1-15-7-2-8-13-6(9(11)12)4-14(8)3-5(7)10/h2-4,9H,1H3. The van der Waals surface area contributed by atoms with E-state index < -0.39 is 6.43 Å². The van der Waals surface area contributed by atoms with Gasteiger partial charge in [0.1, 0.15) is 17.1 Å². The molecule has 2 aromatic rings. The number of ether oxygens (including phenoxy) is 1. The lowest BCUT2D eigenvalue weighted by atomic mass is 10.4. The molecule has 0 atom stereocenters. The summed E-state index contributed by atoms with van der Waals surface area (Å²) in [5.41, 5.74) is 0.195. The van der Waals surface area contributed by atoms with Crippen molar-refractivity contribution in [2.24, 2.45) is 0 Å². The Kier molecular flexibility index (Phi) is 2.60. The summed E-state index contributed by atoms with van der Waals surface area (Å²) in [4.78, 5) is 3.77. The number of nitrogens with zero attached hydrogens (tertiary/aromatic N) is 2. The second kappa shape index (κ2) is 3.77. The van der Waals surface area contributed by atoms with E-state index in [9.17, 15) is 8.78 Å². The van der Waals surface area contributed by atoms with E-state index in [1.54, 1.807) is 12.3 Å². The Hall–Kier alpha value is -1.17. The van der Waals surface area contributed by atoms with E-state index in [0.717, 1.165) is 0 Å². The average molecular weight is 277 g/mol. The molecule has 0 aliphatic rings. The van der Waals surface area contributed by atoms with Gasteiger partial charge in [-0.2, -0.15) is 0 Å². The summed E-state index contributed by atoms with van der Waals surface area (Å²) in [6, 6.07) is 1.59. The fraction of sp³-hybridized carbons (Fsp3) is 0.222. The highest BCUT2D eigenvalue weighted by Crippen LogP contribution is 2.27. The van der Waals surface area contributed by atoms with E-state index >= 15 is 0 Å². The smallest absolute Gasteiger partial charge is 0.281 e. The van der Waals surface area contributed by atoms with Gasteiger partial charge in [-0.15, -0.1) is 0 Å². The van der Waals surface area contributed by atoms with Crippen molar-refractivity contribution in [1.29, 1.82) is 0 Å². The largest absolute Gasteiger partial charge is 0.495 e. The highest BCUT2D eigenvalue weighted by atomic mass is 79.9. The number of alkyl halides is 2. The van der Waals surface area contributed by atoms with Crippen LogP contribution < -0.4 is 4.74 Å². The van der Waals surface area contributed by atoms with Crippen LogP contribution in [-0.2, 0) is 0 Å². The third-order valence-corrected chi connectivity index (χ3v) is 2.57. The molecule has 0 saturated heterocycles. The molecule has 0 saturated carbocycles. The van der Waals surface area contributed by atoms with E-state index in [-0.39, 0.29) is 5.69 Å². The van der Waals surface area contributed by atoms with Gasteiger partial charge < -0.3 is 9.14 Å². The molecule has 0 N–H and O–H groups in total. The van der Waals surface area contributed by atoms with Crippen molar-refractivity contribution in [3.05, 3.63) is 28.6 Å². The predicted octanol–water partition coefficient (Wildman–Crippen LogP) is 3.04. The fourth-order valence-corrected chi connectivity index (χ4v) is 1.77. The second-order valence-corrected chi connectivity index (χ2v) is 3.78. The van der Waals surface area contributed by atoms with Gasteiger partial charge in [0, 0.05) is 18.5 Å². The van der Waals surface area contributed by atoms with Crippen molar-refractivity contribution in [2.45, 2.75) is 6.43 Å². The number of methoxy groups -OCH3 is 1. The van der Waals surface area contributed by atoms with Crippen LogP contribution in [0.25, 0.3) is 5.65 Å². The van der Waals surface area contributed by atoms with Crippen LogP contribution in [0.1, 0.15) is 12.1 Å². The summed E-state index contributed by atoms with van der Waals surface area (Å²) in [5.74, 6) is 0.564. The zero-order chi connectivity index (χ0) is 11.0. The zero-order valence-corrected chi connectivity index (χ0v) is 9.33. The van der Waals surface area contributed by atoms with E-state index in [1.807, 2.05) is 0 Å². The van der Waals surface area contributed by atoms with Crippen LogP contribution in [0.5, 0.6) is 5.75 Å². The van der Waals surface area contributed by atoms with Gasteiger partial charge in [-0.05, 0) is 15.9 Å². The zero-order valence-electron chi connectivity index (χ0n) is 7.75. The Labute approximate surface area is 92.8 Å². The molecule has 2 rings (SSSR count). The lowest BCUT2D eigenvalue weighted by Crippen LogP contribution is -1.88. The first kappa shape index (κ1) is 10.4. The summed E-state index contributed by atoms with van der Waals surface area (Å²) in [6.45, 7) is 0. The summed E-state index contributed by atoms with van der Waals surface area (Å²) < 4.78 is 32.0. The molecular formula is C9H7BrF2N2O. The molecule has 2 aromatic heterocycles. The lowest BCUT2D eigenvalue weighted by molar-refractivity contribution is 0.147. The van der Waals surface area contributed by atoms with Crippen molar-refractivity contribution in [1.82, 2.24) is 9.38 Å². The van der Waals surface area contributed by atoms with Gasteiger partial charge in [-0.25, -0.2) is 13.8 Å². The SMILES string of the molecule is COc1cc2nc(C(F)F)cn2cc1Br. The van der Waals surface area contributed by atoms with E-state index in [1.165, 1.54) is 17.7 Å². The number of imidazole rings is 1. The van der Waals surface area contributed by atoms with Crippen molar-refractivity contribution in [3.8, 4) is 5.75 Å². The topological polar surface area (TPSA) is 26.5 Å². The number of fused-ring (bicyclic) bond motifs is 1. The normalized spacial score (nSPS) is 11.3. The van der Waals surface area contributed by atoms with Gasteiger partial charge >= 0.3 is 0 Å². The fourth-order valence-electron chi connectivity index (χ4n) is 1.27. The molecule has 0 amide bonds. The minimum atomic E-state index is -2.56. The Morgan fingerprint density at radius 3 is 2.80 bits per heavy atom. The van der Waals surface area contributed by atoms with Gasteiger partial charge in [-0.3, -0.25) is 0 Å². The highest BCUT2D eigenvalue weighted by molar-refractivity contribution is 9.10. The van der Waals surface area contributed by atoms with Crippen LogP contribution in [0.4, 0.5) is 8.78 Å². The van der Waals surface area contributed by atoms with Crippen LogP contribution in [0.2, 0.25) is 0 Å². The maximum absolute atomic E-state index is 12.4. The van der Waals surface area contributed by atoms with Crippen molar-refractivity contribution >= 4 is 21.6 Å². The van der Waals surface area contributed by atoms with Crippen LogP contribution in [-0.4, -0.2) is 16.5 Å². The Morgan fingerprint density at radius 2 is 2.20 bits per heavy atom. The Balaban J connectivity index is 2.61. The maximum atomic E-state index is 12.4. The van der Waals surface area contributed by atoms with Gasteiger partial charge in [0.25, 0.3) is 6.43 Å². The summed E-state index contributed by atoms with van der Waals surface area (Å²) in [6.07, 6.45) is 0.367. The van der Waals surface area contributed by atoms with Crippen LogP contribution in [0.15, 0.2) is 22.9 Å². The molecule has 6 heteroatoms. The van der Waals surface area contributed by atoms with Crippen molar-refractivity contribution < 1.29 is 13.5 Å². The first-order chi connectivity index (χ1) is 7.11. The van der Waals surface area contributed by atoms with Crippen LogP contribution >= 0.6 is 15.9 Å². The predicted molar refractivity (Wildman–Crippen MR) is 54.4 cm³/mol. The molecule has 15 heavy (non-hydrogen) atoms. The first-order valence-corrected chi connectivity index (χ1v) is 4.91. The molecule has 0 radical (unpaired) electrons. The molecular weight excluding hydrogens is 270 g/mol. The van der Waals surface area contributed by atoms with Crippen molar-refractivity contribution in [2.75, 3.05) is 7.11 Å². The molecule has 3 nitrogen and oxygen atoms in total. The monoisotopic (exact) mass is 276 g/mol. The first-order valence-electron chi connectivity index (χ1n) is 4.12. The van der Waals surface area contributed by atoms with Crippen molar-refractivity contribution in [3.63, 3.8) is 0 Å². The number of hydrogen-bond donors (Lipinski definition) is 0. The third-order valence-electron chi connectivity index (χ3n) is 1.97. The molecule has 80 valence electrons. The number of rotatable bonds is 2. The quantitative estimate of drug-likeness (QED) is 0.843. The molecule has 0 aliphatic heterocycles. The molecule has 0 unspecified atom stereocenters. The van der Waals surface area contributed by atoms with Crippen LogP contribution in [0, 0.1) is 0 Å². The maximum Gasteiger partial charge on any atom is 0.281 e. The molecule has 0 spiro atoms. The second-order valence-electron chi connectivity index (χ2n) is 2.92. The molecule has 2 heterocycles. The molecule has 0 aromatic carbocycles. The number of pyridine rings is 1. The molecule has 0 bridgehead atoms. The Morgan fingerprint density at radius 1 is 1.47 bits per heavy atom. The van der Waals surface area contributed by atoms with Gasteiger partial charge in [0.2, 0.25) is 0 Å². The summed E-state index contributed by atoms with van der Waals surface area (Å²) >= 11 is 3.26. The van der Waals surface area contributed by atoms with Gasteiger partial charge in [0.05, 0.1) is 11.6 Å². The van der Waals surface area contributed by atoms with E-state index in [2.05, 4.69) is 20.9 Å². The molecule has 0 fully saturated rings. The number of aromatic nitrogens is 2. The third kappa shape index (κ3) is 1.81. The number of hydrogen-bond acceptors (Lipinski definition) is 2. The minimum Gasteiger partial charge on any atom is -0.495 e. The number of halogens is 3. The van der Waals surface area contributed by atoms with Crippen LogP contribution in [0.3, 0.4) is 0 Å². The lowest BCUT2D eigenvalue weighted by Gasteiger charge is -2.02. The van der Waals surface area contributed by atoms with Gasteiger partial charge in [0.15, 0.2) is 0 Å². The summed E-state index contributed by atoms with van der Waals surface area (Å²) in [7, 11) is 1.51. The van der Waals surface area contributed by atoms with E-state index in [0.29, 0.717) is 15.9 Å².